The normalized spacial score (nSPS) is 10.0. The molecule has 1 heterocycles. The van der Waals surface area contributed by atoms with Crippen molar-refractivity contribution < 1.29 is 0 Å². The number of anilines is 3. The molecule has 6 heteroatoms. The summed E-state index contributed by atoms with van der Waals surface area (Å²) in [5.74, 6) is 1.15. The zero-order valence-corrected chi connectivity index (χ0v) is 11.5. The maximum Gasteiger partial charge on any atom is 0.224 e. The number of hydrogen-bond donors (Lipinski definition) is 2. The zero-order chi connectivity index (χ0) is 13.7. The summed E-state index contributed by atoms with van der Waals surface area (Å²) in [5.41, 5.74) is 0.697. The van der Waals surface area contributed by atoms with E-state index in [1.807, 2.05) is 12.1 Å². The number of halogens is 2. The van der Waals surface area contributed by atoms with E-state index in [4.69, 9.17) is 23.2 Å². The number of hydrogen-bond acceptors (Lipinski definition) is 4. The van der Waals surface area contributed by atoms with Crippen LogP contribution < -0.4 is 10.6 Å². The summed E-state index contributed by atoms with van der Waals surface area (Å²) in [5, 5.41) is 7.06. The van der Waals surface area contributed by atoms with Crippen molar-refractivity contribution in [1.82, 2.24) is 9.97 Å². The van der Waals surface area contributed by atoms with Crippen molar-refractivity contribution in [3.63, 3.8) is 0 Å². The second kappa shape index (κ2) is 6.41. The minimum Gasteiger partial charge on any atom is -0.351 e. The molecule has 2 aromatic rings. The Morgan fingerprint density at radius 2 is 2.11 bits per heavy atom. The summed E-state index contributed by atoms with van der Waals surface area (Å²) < 4.78 is 0. The first-order valence-corrected chi connectivity index (χ1v) is 6.35. The first kappa shape index (κ1) is 13.6. The summed E-state index contributed by atoms with van der Waals surface area (Å²) in [6.07, 6.45) is 3.39. The largest absolute Gasteiger partial charge is 0.351 e. The molecule has 0 aliphatic heterocycles. The second-order valence-electron chi connectivity index (χ2n) is 3.66. The molecule has 0 spiro atoms. The summed E-state index contributed by atoms with van der Waals surface area (Å²) in [4.78, 5) is 8.38. The van der Waals surface area contributed by atoms with Crippen LogP contribution in [0.2, 0.25) is 10.0 Å². The molecule has 0 aliphatic rings. The molecule has 0 unspecified atom stereocenters. The Balaban J connectivity index is 2.18. The van der Waals surface area contributed by atoms with Gasteiger partial charge in [0.1, 0.15) is 5.82 Å². The predicted octanol–water partition coefficient (Wildman–Crippen LogP) is 4.12. The standard InChI is InChI=1S/C13H12Cl2N4/c1-2-7-16-13-17-8-6-11(19-13)18-10-5-3-4-9(14)12(10)15/h2-6,8H,1,7H2,(H2,16,17,18,19). The van der Waals surface area contributed by atoms with Gasteiger partial charge >= 0.3 is 0 Å². The van der Waals surface area contributed by atoms with Crippen LogP contribution in [-0.2, 0) is 0 Å². The van der Waals surface area contributed by atoms with Gasteiger partial charge in [0.2, 0.25) is 5.95 Å². The van der Waals surface area contributed by atoms with E-state index >= 15 is 0 Å². The first-order chi connectivity index (χ1) is 9.20. The van der Waals surface area contributed by atoms with Crippen LogP contribution in [0.4, 0.5) is 17.5 Å². The minimum atomic E-state index is 0.461. The number of benzene rings is 1. The lowest BCUT2D eigenvalue weighted by molar-refractivity contribution is 1.12. The fourth-order valence-electron chi connectivity index (χ4n) is 1.42. The lowest BCUT2D eigenvalue weighted by Gasteiger charge is -2.09. The smallest absolute Gasteiger partial charge is 0.224 e. The fraction of sp³-hybridized carbons (Fsp3) is 0.0769. The molecule has 0 saturated heterocycles. The molecule has 0 aliphatic carbocycles. The molecule has 19 heavy (non-hydrogen) atoms. The second-order valence-corrected chi connectivity index (χ2v) is 4.45. The summed E-state index contributed by atoms with van der Waals surface area (Å²) in [7, 11) is 0. The van der Waals surface area contributed by atoms with Gasteiger partial charge in [-0.15, -0.1) is 6.58 Å². The van der Waals surface area contributed by atoms with E-state index in [-0.39, 0.29) is 0 Å². The van der Waals surface area contributed by atoms with E-state index in [0.717, 1.165) is 0 Å². The fourth-order valence-corrected chi connectivity index (χ4v) is 1.76. The Kier molecular flexibility index (Phi) is 4.60. The Labute approximate surface area is 121 Å². The third-order valence-corrected chi connectivity index (χ3v) is 3.09. The van der Waals surface area contributed by atoms with Crippen LogP contribution in [0.1, 0.15) is 0 Å². The van der Waals surface area contributed by atoms with Gasteiger partial charge in [0.15, 0.2) is 0 Å². The highest BCUT2D eigenvalue weighted by molar-refractivity contribution is 6.43. The van der Waals surface area contributed by atoms with Crippen LogP contribution in [0, 0.1) is 0 Å². The molecule has 0 radical (unpaired) electrons. The monoisotopic (exact) mass is 294 g/mol. The molecule has 4 nitrogen and oxygen atoms in total. The van der Waals surface area contributed by atoms with Crippen LogP contribution in [0.25, 0.3) is 0 Å². The van der Waals surface area contributed by atoms with Gasteiger partial charge in [-0.2, -0.15) is 4.98 Å². The molecule has 1 aromatic heterocycles. The number of rotatable bonds is 5. The van der Waals surface area contributed by atoms with Crippen molar-refractivity contribution in [2.24, 2.45) is 0 Å². The van der Waals surface area contributed by atoms with E-state index in [9.17, 15) is 0 Å². The molecular weight excluding hydrogens is 283 g/mol. The van der Waals surface area contributed by atoms with E-state index in [1.165, 1.54) is 0 Å². The lowest BCUT2D eigenvalue weighted by Crippen LogP contribution is -2.04. The minimum absolute atomic E-state index is 0.461. The maximum absolute atomic E-state index is 6.10. The van der Waals surface area contributed by atoms with Crippen molar-refractivity contribution in [2.75, 3.05) is 17.2 Å². The van der Waals surface area contributed by atoms with Crippen LogP contribution in [0.15, 0.2) is 43.1 Å². The summed E-state index contributed by atoms with van der Waals surface area (Å²) in [6.45, 7) is 4.22. The van der Waals surface area contributed by atoms with Gasteiger partial charge in [0.05, 0.1) is 15.7 Å². The Morgan fingerprint density at radius 3 is 2.89 bits per heavy atom. The Bertz CT molecular complexity index is 587. The van der Waals surface area contributed by atoms with Gasteiger partial charge < -0.3 is 10.6 Å². The molecule has 1 aromatic carbocycles. The van der Waals surface area contributed by atoms with E-state index in [2.05, 4.69) is 27.2 Å². The molecule has 0 amide bonds. The third kappa shape index (κ3) is 3.59. The van der Waals surface area contributed by atoms with Crippen molar-refractivity contribution in [3.05, 3.63) is 53.2 Å². The van der Waals surface area contributed by atoms with Gasteiger partial charge in [0, 0.05) is 12.7 Å². The van der Waals surface area contributed by atoms with Gasteiger partial charge in [0.25, 0.3) is 0 Å². The SMILES string of the molecule is C=CCNc1nccc(Nc2cccc(Cl)c2Cl)n1. The van der Waals surface area contributed by atoms with E-state index in [1.54, 1.807) is 24.4 Å². The number of aromatic nitrogens is 2. The topological polar surface area (TPSA) is 49.8 Å². The molecule has 2 N–H and O–H groups in total. The molecule has 0 atom stereocenters. The Morgan fingerprint density at radius 1 is 1.26 bits per heavy atom. The maximum atomic E-state index is 6.10. The highest BCUT2D eigenvalue weighted by Crippen LogP contribution is 2.31. The predicted molar refractivity (Wildman–Crippen MR) is 80.5 cm³/mol. The molecular formula is C13H12Cl2N4. The van der Waals surface area contributed by atoms with Crippen LogP contribution in [0.5, 0.6) is 0 Å². The van der Waals surface area contributed by atoms with Crippen LogP contribution in [-0.4, -0.2) is 16.5 Å². The number of nitrogens with one attached hydrogen (secondary N) is 2. The highest BCUT2D eigenvalue weighted by atomic mass is 35.5. The van der Waals surface area contributed by atoms with Gasteiger partial charge in [-0.1, -0.05) is 35.3 Å². The summed E-state index contributed by atoms with van der Waals surface area (Å²) >= 11 is 12.1. The number of nitrogens with zero attached hydrogens (tertiary/aromatic N) is 2. The lowest BCUT2D eigenvalue weighted by atomic mass is 10.3. The van der Waals surface area contributed by atoms with Gasteiger partial charge in [-0.25, -0.2) is 4.98 Å². The quantitative estimate of drug-likeness (QED) is 0.814. The van der Waals surface area contributed by atoms with E-state index < -0.39 is 0 Å². The van der Waals surface area contributed by atoms with E-state index in [0.29, 0.717) is 34.0 Å². The summed E-state index contributed by atoms with van der Waals surface area (Å²) in [6, 6.07) is 7.12. The highest BCUT2D eigenvalue weighted by Gasteiger charge is 2.05. The zero-order valence-electron chi connectivity index (χ0n) is 10.0. The molecule has 98 valence electrons. The van der Waals surface area contributed by atoms with Gasteiger partial charge in [-0.3, -0.25) is 0 Å². The average Bonchev–Trinajstić information content (AvgIpc) is 2.42. The third-order valence-electron chi connectivity index (χ3n) is 2.27. The van der Waals surface area contributed by atoms with Crippen molar-refractivity contribution in [3.8, 4) is 0 Å². The van der Waals surface area contributed by atoms with Crippen molar-refractivity contribution >= 4 is 40.7 Å². The van der Waals surface area contributed by atoms with Gasteiger partial charge in [-0.05, 0) is 18.2 Å². The molecule has 2 rings (SSSR count). The van der Waals surface area contributed by atoms with Crippen LogP contribution in [0.3, 0.4) is 0 Å². The first-order valence-electron chi connectivity index (χ1n) is 5.59. The van der Waals surface area contributed by atoms with Crippen molar-refractivity contribution in [1.29, 1.82) is 0 Å². The van der Waals surface area contributed by atoms with Crippen molar-refractivity contribution in [2.45, 2.75) is 0 Å². The molecule has 0 saturated carbocycles. The average molecular weight is 295 g/mol. The molecule has 0 bridgehead atoms. The van der Waals surface area contributed by atoms with Crippen LogP contribution >= 0.6 is 23.2 Å². The molecule has 0 fully saturated rings. The Hall–Kier alpha value is -1.78.